The summed E-state index contributed by atoms with van der Waals surface area (Å²) in [4.78, 5) is 46.0. The largest absolute Gasteiger partial charge is 0.497 e. The summed E-state index contributed by atoms with van der Waals surface area (Å²) in [7, 11) is 1.59. The Kier molecular flexibility index (Phi) is 8.00. The zero-order chi connectivity index (χ0) is 28.2. The van der Waals surface area contributed by atoms with Crippen LogP contribution in [0.15, 0.2) is 67.0 Å². The summed E-state index contributed by atoms with van der Waals surface area (Å²) >= 11 is 0. The molecule has 1 N–H and O–H groups in total. The zero-order valence-corrected chi connectivity index (χ0v) is 23.2. The number of nitrogens with zero attached hydrogens (tertiary/aromatic N) is 4. The van der Waals surface area contributed by atoms with Crippen molar-refractivity contribution in [1.82, 2.24) is 15.1 Å². The highest BCUT2D eigenvalue weighted by molar-refractivity contribution is 6.11. The molecule has 2 heterocycles. The van der Waals surface area contributed by atoms with Crippen molar-refractivity contribution in [2.24, 2.45) is 5.92 Å². The van der Waals surface area contributed by atoms with Gasteiger partial charge in [0.05, 0.1) is 12.8 Å². The molecule has 9 nitrogen and oxygen atoms in total. The van der Waals surface area contributed by atoms with Gasteiger partial charge in [0.25, 0.3) is 0 Å². The van der Waals surface area contributed by atoms with Gasteiger partial charge in [0.15, 0.2) is 0 Å². The number of aryl methyl sites for hydroxylation is 1. The van der Waals surface area contributed by atoms with Gasteiger partial charge in [-0.3, -0.25) is 24.4 Å². The Morgan fingerprint density at radius 3 is 2.45 bits per heavy atom. The smallest absolute Gasteiger partial charge is 0.247 e. The van der Waals surface area contributed by atoms with Gasteiger partial charge in [-0.25, -0.2) is 0 Å². The molecule has 1 aliphatic carbocycles. The van der Waals surface area contributed by atoms with Crippen molar-refractivity contribution in [1.29, 1.82) is 0 Å². The summed E-state index contributed by atoms with van der Waals surface area (Å²) in [6, 6.07) is 16.3. The molecule has 9 heteroatoms. The molecular weight excluding hydrogens is 506 g/mol. The molecule has 1 aliphatic heterocycles. The maximum atomic E-state index is 14.0. The number of aromatic amines is 1. The number of H-pyrrole nitrogens is 1. The minimum Gasteiger partial charge on any atom is -0.497 e. The number of benzene rings is 2. The standard InChI is InChI=1S/C31H35N5O4/c1-21(2)36(23-13-15-24(40-3)16-14-23)29(37)20-34-17-18-35(22-9-5-4-6-10-22)31(39)26(30(34)38)19-28-25-11-7-8-12-27(25)32-33-28/h4-6,9-10,13-18,21,26H,7-8,11-12,19-20H2,1-3H3,(H,32,33). The Labute approximate surface area is 234 Å². The summed E-state index contributed by atoms with van der Waals surface area (Å²) in [5.74, 6) is -1.35. The minimum absolute atomic E-state index is 0.152. The molecule has 3 amide bonds. The summed E-state index contributed by atoms with van der Waals surface area (Å²) < 4.78 is 5.26. The van der Waals surface area contributed by atoms with E-state index in [9.17, 15) is 14.4 Å². The lowest BCUT2D eigenvalue weighted by Crippen LogP contribution is -2.46. The molecule has 0 fully saturated rings. The van der Waals surface area contributed by atoms with E-state index in [0.717, 1.165) is 42.6 Å². The molecule has 0 bridgehead atoms. The first-order chi connectivity index (χ1) is 19.4. The Hall–Kier alpha value is -4.40. The maximum Gasteiger partial charge on any atom is 0.247 e. The zero-order valence-electron chi connectivity index (χ0n) is 23.2. The van der Waals surface area contributed by atoms with Crippen LogP contribution in [0.1, 0.15) is 43.6 Å². The Morgan fingerprint density at radius 2 is 1.75 bits per heavy atom. The van der Waals surface area contributed by atoms with E-state index in [0.29, 0.717) is 17.1 Å². The van der Waals surface area contributed by atoms with E-state index in [4.69, 9.17) is 4.74 Å². The van der Waals surface area contributed by atoms with Crippen molar-refractivity contribution in [3.8, 4) is 5.75 Å². The number of aromatic nitrogens is 2. The predicted molar refractivity (Wildman–Crippen MR) is 153 cm³/mol. The van der Waals surface area contributed by atoms with Gasteiger partial charge in [0.2, 0.25) is 17.7 Å². The van der Waals surface area contributed by atoms with Gasteiger partial charge >= 0.3 is 0 Å². The monoisotopic (exact) mass is 541 g/mol. The van der Waals surface area contributed by atoms with Gasteiger partial charge in [-0.05, 0) is 81.5 Å². The van der Waals surface area contributed by atoms with E-state index in [1.807, 2.05) is 56.3 Å². The normalized spacial score (nSPS) is 17.1. The molecule has 3 aromatic rings. The lowest BCUT2D eigenvalue weighted by Gasteiger charge is -2.30. The number of ether oxygens (including phenoxy) is 1. The van der Waals surface area contributed by atoms with Crippen LogP contribution in [-0.4, -0.2) is 52.5 Å². The number of carbonyl (C=O) groups is 3. The molecule has 2 aliphatic rings. The molecule has 40 heavy (non-hydrogen) atoms. The molecule has 5 rings (SSSR count). The van der Waals surface area contributed by atoms with Crippen molar-refractivity contribution in [3.63, 3.8) is 0 Å². The third-order valence-electron chi connectivity index (χ3n) is 7.53. The van der Waals surface area contributed by atoms with E-state index < -0.39 is 11.8 Å². The number of anilines is 2. The fourth-order valence-corrected chi connectivity index (χ4v) is 5.48. The van der Waals surface area contributed by atoms with E-state index >= 15 is 0 Å². The van der Waals surface area contributed by atoms with Gasteiger partial charge in [0.1, 0.15) is 18.2 Å². The summed E-state index contributed by atoms with van der Waals surface area (Å²) in [6.07, 6.45) is 7.24. The van der Waals surface area contributed by atoms with Crippen LogP contribution >= 0.6 is 0 Å². The van der Waals surface area contributed by atoms with Gasteiger partial charge in [-0.2, -0.15) is 5.10 Å². The van der Waals surface area contributed by atoms with Gasteiger partial charge in [-0.1, -0.05) is 18.2 Å². The molecule has 0 saturated carbocycles. The first-order valence-corrected chi connectivity index (χ1v) is 13.8. The minimum atomic E-state index is -1.02. The summed E-state index contributed by atoms with van der Waals surface area (Å²) in [5, 5.41) is 7.62. The van der Waals surface area contributed by atoms with Crippen LogP contribution in [0.4, 0.5) is 11.4 Å². The van der Waals surface area contributed by atoms with Gasteiger partial charge in [0, 0.05) is 41.9 Å². The number of hydrogen-bond donors (Lipinski definition) is 1. The van der Waals surface area contributed by atoms with Crippen molar-refractivity contribution in [3.05, 3.63) is 83.9 Å². The third-order valence-corrected chi connectivity index (χ3v) is 7.53. The highest BCUT2D eigenvalue weighted by Crippen LogP contribution is 2.28. The topological polar surface area (TPSA) is 98.8 Å². The van der Waals surface area contributed by atoms with Gasteiger partial charge < -0.3 is 14.5 Å². The number of nitrogens with one attached hydrogen (secondary N) is 1. The number of rotatable bonds is 8. The number of hydrogen-bond acceptors (Lipinski definition) is 5. The van der Waals surface area contributed by atoms with E-state index in [1.165, 1.54) is 16.0 Å². The van der Waals surface area contributed by atoms with Crippen LogP contribution in [0.3, 0.4) is 0 Å². The molecule has 0 spiro atoms. The quantitative estimate of drug-likeness (QED) is 0.430. The molecule has 0 radical (unpaired) electrons. The molecule has 1 unspecified atom stereocenters. The second kappa shape index (κ2) is 11.8. The molecular formula is C31H35N5O4. The first-order valence-electron chi connectivity index (χ1n) is 13.8. The average molecular weight is 542 g/mol. The highest BCUT2D eigenvalue weighted by atomic mass is 16.5. The number of fused-ring (bicyclic) bond motifs is 1. The fraction of sp³-hybridized carbons (Fsp3) is 0.355. The number of amides is 3. The molecule has 1 aromatic heterocycles. The van der Waals surface area contributed by atoms with Crippen LogP contribution in [0, 0.1) is 5.92 Å². The number of para-hydroxylation sites is 1. The van der Waals surface area contributed by atoms with E-state index in [1.54, 1.807) is 30.3 Å². The summed E-state index contributed by atoms with van der Waals surface area (Å²) in [5.41, 5.74) is 4.31. The predicted octanol–water partition coefficient (Wildman–Crippen LogP) is 4.24. The lowest BCUT2D eigenvalue weighted by molar-refractivity contribution is -0.140. The highest BCUT2D eigenvalue weighted by Gasteiger charge is 2.38. The maximum absolute atomic E-state index is 14.0. The Balaban J connectivity index is 1.45. The number of carbonyl (C=O) groups excluding carboxylic acids is 3. The summed E-state index contributed by atoms with van der Waals surface area (Å²) in [6.45, 7) is 3.64. The molecule has 208 valence electrons. The van der Waals surface area contributed by atoms with Crippen LogP contribution in [0.5, 0.6) is 5.75 Å². The van der Waals surface area contributed by atoms with Crippen LogP contribution < -0.4 is 14.5 Å². The van der Waals surface area contributed by atoms with Gasteiger partial charge in [-0.15, -0.1) is 0 Å². The van der Waals surface area contributed by atoms with E-state index in [-0.39, 0.29) is 30.8 Å². The second-order valence-electron chi connectivity index (χ2n) is 10.5. The average Bonchev–Trinajstić information content (AvgIpc) is 3.34. The van der Waals surface area contributed by atoms with Crippen LogP contribution in [-0.2, 0) is 33.6 Å². The molecule has 2 aromatic carbocycles. The molecule has 1 atom stereocenters. The Bertz CT molecular complexity index is 1400. The third kappa shape index (κ3) is 5.50. The Morgan fingerprint density at radius 1 is 1.02 bits per heavy atom. The fourth-order valence-electron chi connectivity index (χ4n) is 5.48. The SMILES string of the molecule is COc1ccc(N(C(=O)CN2C=CN(c3ccccc3)C(=O)C(Cc3n[nH]c4c3CCCC4)C2=O)C(C)C)cc1. The molecule has 0 saturated heterocycles. The van der Waals surface area contributed by atoms with E-state index in [2.05, 4.69) is 10.2 Å². The first kappa shape index (κ1) is 27.2. The van der Waals surface area contributed by atoms with Crippen LogP contribution in [0.25, 0.3) is 0 Å². The van der Waals surface area contributed by atoms with Crippen molar-refractivity contribution < 1.29 is 19.1 Å². The van der Waals surface area contributed by atoms with Crippen molar-refractivity contribution in [2.45, 2.75) is 52.0 Å². The van der Waals surface area contributed by atoms with Crippen molar-refractivity contribution in [2.75, 3.05) is 23.5 Å². The number of methoxy groups -OCH3 is 1. The lowest BCUT2D eigenvalue weighted by atomic mass is 9.91. The van der Waals surface area contributed by atoms with Crippen molar-refractivity contribution >= 4 is 29.1 Å². The second-order valence-corrected chi connectivity index (χ2v) is 10.5. The van der Waals surface area contributed by atoms with Crippen LogP contribution in [0.2, 0.25) is 0 Å².